The van der Waals surface area contributed by atoms with Crippen LogP contribution in [0.15, 0.2) is 77.7 Å². The summed E-state index contributed by atoms with van der Waals surface area (Å²) >= 11 is 0. The van der Waals surface area contributed by atoms with Crippen molar-refractivity contribution in [3.8, 4) is 17.2 Å². The molecule has 11 heteroatoms. The Kier molecular flexibility index (Phi) is 10.6. The summed E-state index contributed by atoms with van der Waals surface area (Å²) in [6.07, 6.45) is 0. The lowest BCUT2D eigenvalue weighted by atomic mass is 10.1. The second-order valence-corrected chi connectivity index (χ2v) is 11.4. The minimum Gasteiger partial charge on any atom is -0.497 e. The number of nitrogens with zero attached hydrogens (tertiary/aromatic N) is 2. The monoisotopic (exact) mass is 583 g/mol. The zero-order chi connectivity index (χ0) is 30.2. The molecule has 1 N–H and O–H groups in total. The fourth-order valence-corrected chi connectivity index (χ4v) is 5.61. The van der Waals surface area contributed by atoms with Crippen LogP contribution in [0.1, 0.15) is 26.3 Å². The SMILES string of the molecule is COc1cccc(CN(C(=O)CN(c2ccc(OC)c(OC)c2)S(=O)(=O)c2ccccc2)C(C)C(=O)NC(C)C)c1. The maximum atomic E-state index is 14.0. The van der Waals surface area contributed by atoms with Crippen molar-refractivity contribution in [3.05, 3.63) is 78.4 Å². The van der Waals surface area contributed by atoms with E-state index in [0.29, 0.717) is 22.8 Å². The lowest BCUT2D eigenvalue weighted by Gasteiger charge is -2.32. The van der Waals surface area contributed by atoms with Gasteiger partial charge in [-0.3, -0.25) is 13.9 Å². The van der Waals surface area contributed by atoms with E-state index in [2.05, 4.69) is 5.32 Å². The normalized spacial score (nSPS) is 11.9. The van der Waals surface area contributed by atoms with E-state index in [1.807, 2.05) is 19.9 Å². The van der Waals surface area contributed by atoms with Crippen molar-refractivity contribution < 1.29 is 32.2 Å². The second kappa shape index (κ2) is 13.9. The molecule has 3 aromatic rings. The van der Waals surface area contributed by atoms with Crippen molar-refractivity contribution in [1.29, 1.82) is 0 Å². The number of benzene rings is 3. The predicted molar refractivity (Wildman–Crippen MR) is 157 cm³/mol. The number of amides is 2. The van der Waals surface area contributed by atoms with Gasteiger partial charge in [-0.15, -0.1) is 0 Å². The van der Waals surface area contributed by atoms with Gasteiger partial charge in [0.15, 0.2) is 11.5 Å². The Bertz CT molecular complexity index is 1450. The third-order valence-electron chi connectivity index (χ3n) is 6.35. The molecule has 0 heterocycles. The number of carbonyl (C=O) groups is 2. The maximum Gasteiger partial charge on any atom is 0.264 e. The zero-order valence-electron chi connectivity index (χ0n) is 24.2. The van der Waals surface area contributed by atoms with Gasteiger partial charge in [-0.05, 0) is 62.7 Å². The molecule has 41 heavy (non-hydrogen) atoms. The van der Waals surface area contributed by atoms with Gasteiger partial charge in [0.25, 0.3) is 10.0 Å². The highest BCUT2D eigenvalue weighted by molar-refractivity contribution is 7.92. The van der Waals surface area contributed by atoms with Crippen LogP contribution in [-0.2, 0) is 26.2 Å². The largest absolute Gasteiger partial charge is 0.497 e. The third kappa shape index (κ3) is 7.69. The van der Waals surface area contributed by atoms with Crippen molar-refractivity contribution in [3.63, 3.8) is 0 Å². The number of nitrogens with one attached hydrogen (secondary N) is 1. The fraction of sp³-hybridized carbons (Fsp3) is 0.333. The van der Waals surface area contributed by atoms with Gasteiger partial charge < -0.3 is 24.4 Å². The molecule has 0 aliphatic heterocycles. The van der Waals surface area contributed by atoms with E-state index in [1.165, 1.54) is 50.5 Å². The Morgan fingerprint density at radius 3 is 2.12 bits per heavy atom. The van der Waals surface area contributed by atoms with Crippen LogP contribution >= 0.6 is 0 Å². The second-order valence-electron chi connectivity index (χ2n) is 9.58. The quantitative estimate of drug-likeness (QED) is 0.325. The number of hydrogen-bond donors (Lipinski definition) is 1. The van der Waals surface area contributed by atoms with Crippen LogP contribution in [-0.4, -0.2) is 65.1 Å². The van der Waals surface area contributed by atoms with Gasteiger partial charge in [-0.2, -0.15) is 0 Å². The van der Waals surface area contributed by atoms with Crippen LogP contribution in [0.5, 0.6) is 17.2 Å². The number of anilines is 1. The van der Waals surface area contributed by atoms with Gasteiger partial charge >= 0.3 is 0 Å². The molecule has 0 saturated carbocycles. The van der Waals surface area contributed by atoms with E-state index >= 15 is 0 Å². The van der Waals surface area contributed by atoms with Gasteiger partial charge in [-0.25, -0.2) is 8.42 Å². The Labute approximate surface area is 241 Å². The van der Waals surface area contributed by atoms with Crippen LogP contribution in [0.3, 0.4) is 0 Å². The Morgan fingerprint density at radius 2 is 1.51 bits per heavy atom. The summed E-state index contributed by atoms with van der Waals surface area (Å²) in [4.78, 5) is 28.4. The van der Waals surface area contributed by atoms with E-state index < -0.39 is 28.5 Å². The molecular formula is C30H37N3O7S. The first kappa shape index (κ1) is 31.3. The summed E-state index contributed by atoms with van der Waals surface area (Å²) in [7, 11) is 0.241. The third-order valence-corrected chi connectivity index (χ3v) is 8.14. The number of sulfonamides is 1. The van der Waals surface area contributed by atoms with Crippen molar-refractivity contribution in [1.82, 2.24) is 10.2 Å². The summed E-state index contributed by atoms with van der Waals surface area (Å²) in [5.74, 6) is 0.350. The highest BCUT2D eigenvalue weighted by atomic mass is 32.2. The van der Waals surface area contributed by atoms with Crippen molar-refractivity contribution in [2.45, 2.75) is 44.3 Å². The number of rotatable bonds is 13. The highest BCUT2D eigenvalue weighted by Gasteiger charge is 2.33. The van der Waals surface area contributed by atoms with Crippen LogP contribution < -0.4 is 23.8 Å². The molecule has 0 fully saturated rings. The minimum absolute atomic E-state index is 0.00697. The molecule has 0 radical (unpaired) electrons. The van der Waals surface area contributed by atoms with Gasteiger partial charge in [-0.1, -0.05) is 30.3 Å². The van der Waals surface area contributed by atoms with Crippen LogP contribution in [0.4, 0.5) is 5.69 Å². The van der Waals surface area contributed by atoms with Gasteiger partial charge in [0.05, 0.1) is 31.9 Å². The number of hydrogen-bond acceptors (Lipinski definition) is 7. The Balaban J connectivity index is 2.08. The average Bonchev–Trinajstić information content (AvgIpc) is 2.97. The summed E-state index contributed by atoms with van der Waals surface area (Å²) in [5.41, 5.74) is 0.908. The lowest BCUT2D eigenvalue weighted by Crippen LogP contribution is -2.52. The molecule has 0 spiro atoms. The minimum atomic E-state index is -4.21. The first-order valence-corrected chi connectivity index (χ1v) is 14.5. The molecule has 1 atom stereocenters. The fourth-order valence-electron chi connectivity index (χ4n) is 4.18. The first-order valence-electron chi connectivity index (χ1n) is 13.0. The smallest absolute Gasteiger partial charge is 0.264 e. The van der Waals surface area contributed by atoms with Crippen LogP contribution in [0.25, 0.3) is 0 Å². The van der Waals surface area contributed by atoms with E-state index in [9.17, 15) is 18.0 Å². The molecule has 220 valence electrons. The summed E-state index contributed by atoms with van der Waals surface area (Å²) in [6.45, 7) is 4.74. The van der Waals surface area contributed by atoms with Gasteiger partial charge in [0, 0.05) is 18.7 Å². The highest BCUT2D eigenvalue weighted by Crippen LogP contribution is 2.34. The van der Waals surface area contributed by atoms with E-state index in [4.69, 9.17) is 14.2 Å². The molecular weight excluding hydrogens is 546 g/mol. The molecule has 10 nitrogen and oxygen atoms in total. The van der Waals surface area contributed by atoms with Crippen molar-refractivity contribution in [2.24, 2.45) is 0 Å². The number of ether oxygens (including phenoxy) is 3. The predicted octanol–water partition coefficient (Wildman–Crippen LogP) is 3.85. The number of methoxy groups -OCH3 is 3. The summed E-state index contributed by atoms with van der Waals surface area (Å²) < 4.78 is 44.9. The molecule has 0 aliphatic rings. The molecule has 1 unspecified atom stereocenters. The topological polar surface area (TPSA) is 114 Å². The molecule has 0 aromatic heterocycles. The molecule has 3 aromatic carbocycles. The van der Waals surface area contributed by atoms with E-state index in [1.54, 1.807) is 49.4 Å². The Hall–Kier alpha value is -4.25. The average molecular weight is 584 g/mol. The number of carbonyl (C=O) groups excluding carboxylic acids is 2. The molecule has 2 amide bonds. The zero-order valence-corrected chi connectivity index (χ0v) is 25.0. The van der Waals surface area contributed by atoms with E-state index in [0.717, 1.165) is 4.31 Å². The van der Waals surface area contributed by atoms with Crippen LogP contribution in [0.2, 0.25) is 0 Å². The molecule has 3 rings (SSSR count). The van der Waals surface area contributed by atoms with Gasteiger partial charge in [0.2, 0.25) is 11.8 Å². The summed E-state index contributed by atoms with van der Waals surface area (Å²) in [5, 5.41) is 2.84. The van der Waals surface area contributed by atoms with Crippen LogP contribution in [0, 0.1) is 0 Å². The Morgan fingerprint density at radius 1 is 0.829 bits per heavy atom. The molecule has 0 aliphatic carbocycles. The van der Waals surface area contributed by atoms with Crippen molar-refractivity contribution >= 4 is 27.5 Å². The lowest BCUT2D eigenvalue weighted by molar-refractivity contribution is -0.139. The molecule has 0 bridgehead atoms. The first-order chi connectivity index (χ1) is 19.5. The summed E-state index contributed by atoms with van der Waals surface area (Å²) in [6, 6.07) is 18.5. The van der Waals surface area contributed by atoms with E-state index in [-0.39, 0.29) is 29.1 Å². The maximum absolute atomic E-state index is 14.0. The standard InChI is InChI=1S/C30H37N3O7S/c1-21(2)31-30(35)22(3)32(19-23-11-10-12-25(17-23)38-4)29(34)20-33(41(36,37)26-13-8-7-9-14-26)24-15-16-27(39-5)28(18-24)40-6/h7-18,21-22H,19-20H2,1-6H3,(H,31,35). The molecule has 0 saturated heterocycles. The van der Waals surface area contributed by atoms with Gasteiger partial charge in [0.1, 0.15) is 18.3 Å². The van der Waals surface area contributed by atoms with Crippen molar-refractivity contribution in [2.75, 3.05) is 32.2 Å².